The van der Waals surface area contributed by atoms with Crippen molar-refractivity contribution in [2.75, 3.05) is 0 Å². The smallest absolute Gasteiger partial charge is 0.450 e. The van der Waals surface area contributed by atoms with Gasteiger partial charge in [0.1, 0.15) is 23.0 Å². The lowest BCUT2D eigenvalue weighted by Gasteiger charge is -2.04. The summed E-state index contributed by atoms with van der Waals surface area (Å²) in [6.45, 7) is 0. The minimum atomic E-state index is -1.83. The standard InChI is InChI=1S/2C13H10O3.CH2O3/c2*14-13(15-11-7-3-1-4-8-11)16-12-9-5-2-6-10-12;2-1(3)4/h2*1-10H;(H2,2,3,4). The zero-order chi connectivity index (χ0) is 26.0. The zero-order valence-electron chi connectivity index (χ0n) is 18.8. The third kappa shape index (κ3) is 12.1. The van der Waals surface area contributed by atoms with Gasteiger partial charge in [0.15, 0.2) is 0 Å². The second-order valence-corrected chi connectivity index (χ2v) is 6.44. The predicted octanol–water partition coefficient (Wildman–Crippen LogP) is 6.75. The normalized spacial score (nSPS) is 9.11. The highest BCUT2D eigenvalue weighted by Gasteiger charge is 2.07. The van der Waals surface area contributed by atoms with Crippen molar-refractivity contribution in [3.8, 4) is 23.0 Å². The maximum atomic E-state index is 11.3. The van der Waals surface area contributed by atoms with E-state index in [4.69, 9.17) is 34.0 Å². The van der Waals surface area contributed by atoms with Crippen LogP contribution in [0.5, 0.6) is 23.0 Å². The van der Waals surface area contributed by atoms with Crippen LogP contribution in [-0.2, 0) is 0 Å². The Hall–Kier alpha value is -5.31. The maximum absolute atomic E-state index is 11.3. The SMILES string of the molecule is O=C(O)O.O=C(Oc1ccccc1)Oc1ccccc1.O=C(Oc1ccccc1)Oc1ccccc1. The number of hydrogen-bond donors (Lipinski definition) is 2. The Labute approximate surface area is 206 Å². The van der Waals surface area contributed by atoms with Crippen LogP contribution < -0.4 is 18.9 Å². The highest BCUT2D eigenvalue weighted by Crippen LogP contribution is 2.14. The van der Waals surface area contributed by atoms with Crippen LogP contribution in [-0.4, -0.2) is 28.7 Å². The molecule has 184 valence electrons. The van der Waals surface area contributed by atoms with Gasteiger partial charge in [0.05, 0.1) is 0 Å². The molecular formula is C27H22O9. The summed E-state index contributed by atoms with van der Waals surface area (Å²) in [5.74, 6) is 1.85. The predicted molar refractivity (Wildman–Crippen MR) is 130 cm³/mol. The van der Waals surface area contributed by atoms with Gasteiger partial charge in [-0.15, -0.1) is 0 Å². The molecule has 0 saturated carbocycles. The summed E-state index contributed by atoms with van der Waals surface area (Å²) >= 11 is 0. The summed E-state index contributed by atoms with van der Waals surface area (Å²) in [6.07, 6.45) is -3.31. The lowest BCUT2D eigenvalue weighted by molar-refractivity contribution is 0.136. The summed E-state index contributed by atoms with van der Waals surface area (Å²) in [4.78, 5) is 31.2. The first kappa shape index (κ1) is 26.9. The molecule has 0 fully saturated rings. The van der Waals surface area contributed by atoms with Crippen LogP contribution >= 0.6 is 0 Å². The van der Waals surface area contributed by atoms with E-state index in [9.17, 15) is 9.59 Å². The minimum Gasteiger partial charge on any atom is -0.450 e. The van der Waals surface area contributed by atoms with E-state index in [0.29, 0.717) is 23.0 Å². The fourth-order valence-corrected chi connectivity index (χ4v) is 2.38. The summed E-state index contributed by atoms with van der Waals surface area (Å²) in [6, 6.07) is 35.1. The Morgan fingerprint density at radius 1 is 0.389 bits per heavy atom. The van der Waals surface area contributed by atoms with E-state index in [1.807, 2.05) is 24.3 Å². The summed E-state index contributed by atoms with van der Waals surface area (Å²) < 4.78 is 19.8. The van der Waals surface area contributed by atoms with Gasteiger partial charge in [0, 0.05) is 0 Å². The van der Waals surface area contributed by atoms with Crippen molar-refractivity contribution in [3.63, 3.8) is 0 Å². The van der Waals surface area contributed by atoms with Crippen LogP contribution in [0.4, 0.5) is 14.4 Å². The third-order valence-corrected chi connectivity index (χ3v) is 3.78. The molecule has 36 heavy (non-hydrogen) atoms. The number of carboxylic acid groups (broad SMARTS) is 2. The van der Waals surface area contributed by atoms with Crippen LogP contribution in [0.1, 0.15) is 0 Å². The second kappa shape index (κ2) is 15.5. The molecule has 0 spiro atoms. The molecular weight excluding hydrogens is 468 g/mol. The molecule has 4 rings (SSSR count). The fourth-order valence-electron chi connectivity index (χ4n) is 2.38. The summed E-state index contributed by atoms with van der Waals surface area (Å²) in [5, 5.41) is 13.9. The van der Waals surface area contributed by atoms with Gasteiger partial charge in [-0.3, -0.25) is 0 Å². The van der Waals surface area contributed by atoms with Crippen molar-refractivity contribution < 1.29 is 43.5 Å². The fraction of sp³-hybridized carbons (Fsp3) is 0. The monoisotopic (exact) mass is 490 g/mol. The van der Waals surface area contributed by atoms with Crippen molar-refractivity contribution in [1.29, 1.82) is 0 Å². The molecule has 0 bridgehead atoms. The van der Waals surface area contributed by atoms with E-state index >= 15 is 0 Å². The van der Waals surface area contributed by atoms with Crippen molar-refractivity contribution in [2.45, 2.75) is 0 Å². The van der Waals surface area contributed by atoms with Gasteiger partial charge >= 0.3 is 18.5 Å². The molecule has 9 heteroatoms. The Balaban J connectivity index is 0.000000221. The van der Waals surface area contributed by atoms with E-state index in [1.165, 1.54) is 0 Å². The van der Waals surface area contributed by atoms with Gasteiger partial charge in [0.25, 0.3) is 0 Å². The largest absolute Gasteiger partial charge is 0.519 e. The Kier molecular flexibility index (Phi) is 11.6. The third-order valence-electron chi connectivity index (χ3n) is 3.78. The molecule has 9 nitrogen and oxygen atoms in total. The quantitative estimate of drug-likeness (QED) is 0.236. The highest BCUT2D eigenvalue weighted by molar-refractivity contribution is 5.67. The maximum Gasteiger partial charge on any atom is 0.519 e. The Morgan fingerprint density at radius 3 is 0.722 bits per heavy atom. The molecule has 2 N–H and O–H groups in total. The molecule has 0 aliphatic rings. The Morgan fingerprint density at radius 2 is 0.556 bits per heavy atom. The summed E-state index contributed by atoms with van der Waals surface area (Å²) in [7, 11) is 0. The number of rotatable bonds is 4. The number of ether oxygens (including phenoxy) is 4. The number of hydrogen-bond acceptors (Lipinski definition) is 7. The van der Waals surface area contributed by atoms with Gasteiger partial charge in [0.2, 0.25) is 0 Å². The van der Waals surface area contributed by atoms with Crippen molar-refractivity contribution >= 4 is 18.5 Å². The number of para-hydroxylation sites is 4. The first-order valence-corrected chi connectivity index (χ1v) is 10.3. The highest BCUT2D eigenvalue weighted by atomic mass is 16.7. The molecule has 0 saturated heterocycles. The van der Waals surface area contributed by atoms with E-state index < -0.39 is 18.5 Å². The van der Waals surface area contributed by atoms with Gasteiger partial charge in [-0.25, -0.2) is 14.4 Å². The lowest BCUT2D eigenvalue weighted by atomic mass is 10.3. The Bertz CT molecular complexity index is 1000. The average molecular weight is 490 g/mol. The minimum absolute atomic E-state index is 0.462. The van der Waals surface area contributed by atoms with E-state index in [0.717, 1.165) is 0 Å². The van der Waals surface area contributed by atoms with Crippen molar-refractivity contribution in [3.05, 3.63) is 121 Å². The van der Waals surface area contributed by atoms with Crippen LogP contribution in [0.25, 0.3) is 0 Å². The molecule has 4 aromatic carbocycles. The number of benzene rings is 4. The molecule has 0 atom stereocenters. The molecule has 0 radical (unpaired) electrons. The van der Waals surface area contributed by atoms with E-state index in [2.05, 4.69) is 0 Å². The summed E-state index contributed by atoms with van der Waals surface area (Å²) in [5.41, 5.74) is 0. The van der Waals surface area contributed by atoms with Gasteiger partial charge in [-0.05, 0) is 48.5 Å². The van der Waals surface area contributed by atoms with Crippen LogP contribution in [0.15, 0.2) is 121 Å². The second-order valence-electron chi connectivity index (χ2n) is 6.44. The molecule has 0 unspecified atom stereocenters. The van der Waals surface area contributed by atoms with Gasteiger partial charge < -0.3 is 29.2 Å². The van der Waals surface area contributed by atoms with Gasteiger partial charge in [-0.2, -0.15) is 0 Å². The topological polar surface area (TPSA) is 129 Å². The molecule has 4 aromatic rings. The lowest BCUT2D eigenvalue weighted by Crippen LogP contribution is -2.13. The molecule has 0 amide bonds. The number of carbonyl (C=O) groups is 3. The molecule has 0 aliphatic carbocycles. The first-order valence-electron chi connectivity index (χ1n) is 10.3. The molecule has 0 aromatic heterocycles. The van der Waals surface area contributed by atoms with E-state index in [1.54, 1.807) is 97.1 Å². The van der Waals surface area contributed by atoms with E-state index in [-0.39, 0.29) is 0 Å². The van der Waals surface area contributed by atoms with Crippen molar-refractivity contribution in [1.82, 2.24) is 0 Å². The van der Waals surface area contributed by atoms with Gasteiger partial charge in [-0.1, -0.05) is 72.8 Å². The molecule has 0 aliphatic heterocycles. The first-order chi connectivity index (χ1) is 17.4. The van der Waals surface area contributed by atoms with Crippen LogP contribution in [0, 0.1) is 0 Å². The average Bonchev–Trinajstić information content (AvgIpc) is 2.86. The number of carbonyl (C=O) groups excluding carboxylic acids is 2. The van der Waals surface area contributed by atoms with Crippen LogP contribution in [0.2, 0.25) is 0 Å². The van der Waals surface area contributed by atoms with Crippen LogP contribution in [0.3, 0.4) is 0 Å². The zero-order valence-corrected chi connectivity index (χ0v) is 18.8. The van der Waals surface area contributed by atoms with Crippen molar-refractivity contribution in [2.24, 2.45) is 0 Å². The molecule has 0 heterocycles.